The maximum absolute atomic E-state index is 14.0. The Morgan fingerprint density at radius 2 is 1.54 bits per heavy atom. The second-order valence-electron chi connectivity index (χ2n) is 13.4. The molecule has 1 unspecified atom stereocenters. The first-order valence-electron chi connectivity index (χ1n) is 18.6. The number of fused-ring (bicyclic) bond motifs is 1. The molecule has 0 saturated carbocycles. The van der Waals surface area contributed by atoms with E-state index in [-0.39, 0.29) is 34.9 Å². The Morgan fingerprint density at radius 3 is 2.10 bits per heavy atom. The highest BCUT2D eigenvalue weighted by Gasteiger charge is 2.54. The molecule has 1 fully saturated rings. The van der Waals surface area contributed by atoms with Crippen molar-refractivity contribution < 1.29 is 41.9 Å². The van der Waals surface area contributed by atoms with Crippen LogP contribution in [0.3, 0.4) is 0 Å². The summed E-state index contributed by atoms with van der Waals surface area (Å²) in [6.45, 7) is -1.91. The summed E-state index contributed by atoms with van der Waals surface area (Å²) in [6, 6.07) is 34.4. The molecule has 4 aromatic carbocycles. The lowest BCUT2D eigenvalue weighted by Gasteiger charge is -2.49. The van der Waals surface area contributed by atoms with Crippen molar-refractivity contribution in [1.29, 1.82) is 0 Å². The van der Waals surface area contributed by atoms with Crippen molar-refractivity contribution in [3.8, 4) is 5.75 Å². The first kappa shape index (κ1) is 42.9. The normalized spacial score (nSPS) is 16.8. The molecule has 3 heterocycles. The van der Waals surface area contributed by atoms with Crippen LogP contribution in [0.25, 0.3) is 0 Å². The van der Waals surface area contributed by atoms with Crippen LogP contribution in [0.5, 0.6) is 5.75 Å². The molecule has 2 amide bonds. The number of hydrogen-bond acceptors (Lipinski definition) is 12. The van der Waals surface area contributed by atoms with Gasteiger partial charge in [-0.3, -0.25) is 14.5 Å². The van der Waals surface area contributed by atoms with Gasteiger partial charge in [-0.05, 0) is 40.0 Å². The number of oxime groups is 1. The molecule has 18 heteroatoms. The summed E-state index contributed by atoms with van der Waals surface area (Å²) in [6.07, 6.45) is -1.53. The van der Waals surface area contributed by atoms with Gasteiger partial charge < -0.3 is 24.9 Å². The molecular weight excluding hydrogens is 853 g/mol. The number of anilines is 1. The van der Waals surface area contributed by atoms with Gasteiger partial charge in [-0.1, -0.05) is 120 Å². The summed E-state index contributed by atoms with van der Waals surface area (Å²) in [7, 11) is 1.53. The lowest BCUT2D eigenvalue weighted by molar-refractivity contribution is -0.174. The van der Waals surface area contributed by atoms with Crippen molar-refractivity contribution in [2.75, 3.05) is 30.7 Å². The highest BCUT2D eigenvalue weighted by Crippen LogP contribution is 2.42. The van der Waals surface area contributed by atoms with Crippen LogP contribution in [0.2, 0.25) is 0 Å². The molecule has 314 valence electrons. The zero-order valence-corrected chi connectivity index (χ0v) is 34.6. The van der Waals surface area contributed by atoms with Crippen molar-refractivity contribution in [1.82, 2.24) is 19.6 Å². The van der Waals surface area contributed by atoms with E-state index < -0.39 is 53.2 Å². The summed E-state index contributed by atoms with van der Waals surface area (Å²) >= 11 is 8.00. The van der Waals surface area contributed by atoms with Gasteiger partial charge >= 0.3 is 12.1 Å². The molecule has 2 aliphatic rings. The third-order valence-corrected chi connectivity index (χ3v) is 11.7. The number of β-lactam (4-membered cyclic amide) rings is 1. The number of ether oxygens (including phenoxy) is 2. The summed E-state index contributed by atoms with van der Waals surface area (Å²) in [5.41, 5.74) is 1.88. The summed E-state index contributed by atoms with van der Waals surface area (Å²) < 4.78 is 54.8. The van der Waals surface area contributed by atoms with Gasteiger partial charge in [0.25, 0.3) is 11.8 Å². The van der Waals surface area contributed by atoms with Gasteiger partial charge in [-0.2, -0.15) is 22.5 Å². The molecule has 0 aliphatic carbocycles. The predicted molar refractivity (Wildman–Crippen MR) is 226 cm³/mol. The average Bonchev–Trinajstić information content (AvgIpc) is 3.75. The minimum absolute atomic E-state index is 0.0212. The molecule has 0 radical (unpaired) electrons. The number of rotatable bonds is 16. The minimum atomic E-state index is -4.78. The first-order valence-corrected chi connectivity index (χ1v) is 20.9. The van der Waals surface area contributed by atoms with Crippen LogP contribution >= 0.6 is 34.9 Å². The van der Waals surface area contributed by atoms with E-state index >= 15 is 0 Å². The molecule has 0 bridgehead atoms. The van der Waals surface area contributed by atoms with Crippen molar-refractivity contribution in [3.05, 3.63) is 167 Å². The number of methoxy groups -OCH3 is 1. The maximum atomic E-state index is 14.0. The molecule has 61 heavy (non-hydrogen) atoms. The fourth-order valence-corrected chi connectivity index (χ4v) is 8.80. The minimum Gasteiger partial charge on any atom is -0.497 e. The molecule has 5 aromatic rings. The highest BCUT2D eigenvalue weighted by atomic mass is 35.5. The van der Waals surface area contributed by atoms with Crippen molar-refractivity contribution in [2.45, 2.75) is 29.7 Å². The van der Waals surface area contributed by atoms with Crippen LogP contribution in [0.15, 0.2) is 144 Å². The Bertz CT molecular complexity index is 2340. The number of halogens is 4. The van der Waals surface area contributed by atoms with Gasteiger partial charge in [-0.15, -0.1) is 23.4 Å². The third-order valence-electron chi connectivity index (χ3n) is 9.57. The van der Waals surface area contributed by atoms with Gasteiger partial charge in [-0.25, -0.2) is 4.79 Å². The number of amides is 2. The fourth-order valence-electron chi connectivity index (χ4n) is 6.76. The number of aromatic nitrogens is 2. The number of carbonyl (C=O) groups excluding carboxylic acids is 3. The number of hydrogen-bond donors (Lipinski definition) is 2. The number of nitrogens with zero attached hydrogens (tertiary/aromatic N) is 4. The van der Waals surface area contributed by atoms with Gasteiger partial charge in [0.15, 0.2) is 0 Å². The van der Waals surface area contributed by atoms with Crippen LogP contribution in [-0.2, 0) is 36.1 Å². The van der Waals surface area contributed by atoms with Crippen molar-refractivity contribution >= 4 is 63.5 Å². The van der Waals surface area contributed by atoms with Crippen LogP contribution < -0.4 is 15.4 Å². The zero-order valence-electron chi connectivity index (χ0n) is 32.2. The zero-order chi connectivity index (χ0) is 43.0. The van der Waals surface area contributed by atoms with Crippen LogP contribution in [-0.4, -0.2) is 80.7 Å². The molecule has 2 atom stereocenters. The topological polar surface area (TPSA) is 144 Å². The van der Waals surface area contributed by atoms with Crippen LogP contribution in [0.1, 0.15) is 28.1 Å². The molecule has 12 nitrogen and oxygen atoms in total. The molecule has 1 aromatic heterocycles. The summed E-state index contributed by atoms with van der Waals surface area (Å²) in [4.78, 5) is 51.8. The molecular formula is C43H36ClF3N6O6S2. The van der Waals surface area contributed by atoms with Crippen LogP contribution in [0.4, 0.5) is 18.3 Å². The molecule has 1 saturated heterocycles. The van der Waals surface area contributed by atoms with E-state index in [0.29, 0.717) is 16.9 Å². The van der Waals surface area contributed by atoms with E-state index in [2.05, 4.69) is 30.0 Å². The Kier molecular flexibility index (Phi) is 13.4. The van der Waals surface area contributed by atoms with Crippen molar-refractivity contribution in [3.63, 3.8) is 0 Å². The van der Waals surface area contributed by atoms with E-state index in [1.165, 1.54) is 23.8 Å². The smallest absolute Gasteiger partial charge is 0.425 e. The second-order valence-corrected chi connectivity index (χ2v) is 15.6. The fraction of sp³-hybridized carbons (Fsp3) is 0.209. The second kappa shape index (κ2) is 19.0. The standard InChI is InChI=1S/C43H36ClF3N6O6S2/c1-57-32-21-19-27(20-22-32)24-58-40(56)35-28(12-11-23-44)25-60-39-34(38(55)53(35)39)48-37(54)33(51-59-26-42(45,46)47)36-49-41(61-52-36)50-43(29-13-5-2-6-14-29,30-15-7-3-8-16-30)31-17-9-4-10-18-31/h2-22,34,39H,23-26H2,1H3,(H,48,54)(H,49,50,52)/b12-11-,51-33-/t34?,39-/m1/s1. The van der Waals surface area contributed by atoms with Gasteiger partial charge in [0, 0.05) is 23.2 Å². The molecule has 7 rings (SSSR count). The summed E-state index contributed by atoms with van der Waals surface area (Å²) in [5.74, 6) is -1.87. The van der Waals surface area contributed by atoms with E-state index in [1.54, 1.807) is 36.4 Å². The number of carbonyl (C=O) groups is 3. The first-order chi connectivity index (χ1) is 29.5. The highest BCUT2D eigenvalue weighted by molar-refractivity contribution is 8.00. The van der Waals surface area contributed by atoms with Crippen molar-refractivity contribution in [2.24, 2.45) is 5.16 Å². The lowest BCUT2D eigenvalue weighted by Crippen LogP contribution is -2.71. The lowest BCUT2D eigenvalue weighted by atomic mass is 9.77. The van der Waals surface area contributed by atoms with Crippen LogP contribution in [0, 0.1) is 0 Å². The Labute approximate surface area is 361 Å². The monoisotopic (exact) mass is 888 g/mol. The molecule has 2 N–H and O–H groups in total. The molecule has 0 spiro atoms. The number of benzene rings is 4. The maximum Gasteiger partial charge on any atom is 0.425 e. The van der Waals surface area contributed by atoms with E-state index in [1.807, 2.05) is 91.0 Å². The Morgan fingerprint density at radius 1 is 0.934 bits per heavy atom. The summed E-state index contributed by atoms with van der Waals surface area (Å²) in [5, 5.41) is 9.04. The third kappa shape index (κ3) is 9.58. The largest absolute Gasteiger partial charge is 0.497 e. The van der Waals surface area contributed by atoms with Gasteiger partial charge in [0.2, 0.25) is 23.3 Å². The van der Waals surface area contributed by atoms with Gasteiger partial charge in [0.05, 0.1) is 7.11 Å². The van der Waals surface area contributed by atoms with E-state index in [9.17, 15) is 27.6 Å². The number of esters is 1. The number of thioether (sulfide) groups is 1. The van der Waals surface area contributed by atoms with E-state index in [0.717, 1.165) is 28.2 Å². The quantitative estimate of drug-likeness (QED) is 0.0257. The molecule has 2 aliphatic heterocycles. The average molecular weight is 889 g/mol. The predicted octanol–water partition coefficient (Wildman–Crippen LogP) is 7.43. The SMILES string of the molecule is COc1ccc(COC(=O)C2=C(/C=C\CCl)CS[C@@H]3C(NC(=O)/C(=N\OCC(F)(F)F)c4nsc(NC(c5ccccc5)(c5ccccc5)c5ccccc5)n4)C(=O)N23)cc1. The number of allylic oxidation sites excluding steroid dienone is 2. The Balaban J connectivity index is 1.16. The van der Waals surface area contributed by atoms with E-state index in [4.69, 9.17) is 21.1 Å². The van der Waals surface area contributed by atoms with Gasteiger partial charge in [0.1, 0.15) is 35.0 Å². The number of nitrogens with one attached hydrogen (secondary N) is 2. The Hall–Kier alpha value is -6.17. The number of alkyl halides is 4.